The fourth-order valence-corrected chi connectivity index (χ4v) is 2.55. The van der Waals surface area contributed by atoms with Crippen molar-refractivity contribution in [2.45, 2.75) is 45.3 Å². The molecule has 1 aromatic carbocycles. The lowest BCUT2D eigenvalue weighted by atomic mass is 9.88. The number of benzene rings is 1. The lowest BCUT2D eigenvalue weighted by molar-refractivity contribution is 0.0314. The van der Waals surface area contributed by atoms with Gasteiger partial charge in [0.1, 0.15) is 17.7 Å². The van der Waals surface area contributed by atoms with Gasteiger partial charge in [-0.1, -0.05) is 13.8 Å². The smallest absolute Gasteiger partial charge is 0.128 e. The Kier molecular flexibility index (Phi) is 3.67. The maximum absolute atomic E-state index is 13.2. The van der Waals surface area contributed by atoms with Gasteiger partial charge in [-0.3, -0.25) is 0 Å². The van der Waals surface area contributed by atoms with Crippen molar-refractivity contribution in [3.8, 4) is 5.75 Å². The van der Waals surface area contributed by atoms with Gasteiger partial charge in [-0.05, 0) is 30.9 Å². The summed E-state index contributed by atoms with van der Waals surface area (Å²) in [5, 5.41) is 10.1. The van der Waals surface area contributed by atoms with Crippen LogP contribution in [0.3, 0.4) is 0 Å². The highest BCUT2D eigenvalue weighted by Crippen LogP contribution is 2.38. The largest absolute Gasteiger partial charge is 0.490 e. The molecule has 0 bridgehead atoms. The second-order valence-electron chi connectivity index (χ2n) is 4.67. The molecule has 1 unspecified atom stereocenters. The van der Waals surface area contributed by atoms with E-state index in [9.17, 15) is 9.50 Å². The predicted octanol–water partition coefficient (Wildman–Crippen LogP) is 3.45. The monoisotopic (exact) mass is 238 g/mol. The van der Waals surface area contributed by atoms with Gasteiger partial charge in [0.25, 0.3) is 0 Å². The van der Waals surface area contributed by atoms with Crippen LogP contribution in [0.4, 0.5) is 4.39 Å². The molecule has 3 heteroatoms. The van der Waals surface area contributed by atoms with Gasteiger partial charge in [-0.2, -0.15) is 0 Å². The van der Waals surface area contributed by atoms with Gasteiger partial charge in [0.05, 0.1) is 6.10 Å². The average molecular weight is 238 g/mol. The topological polar surface area (TPSA) is 29.5 Å². The lowest BCUT2D eigenvalue weighted by Crippen LogP contribution is -2.32. The Morgan fingerprint density at radius 1 is 1.41 bits per heavy atom. The number of halogens is 1. The van der Waals surface area contributed by atoms with Crippen LogP contribution in [0.15, 0.2) is 18.2 Å². The fraction of sp³-hybridized carbons (Fsp3) is 0.571. The van der Waals surface area contributed by atoms with Gasteiger partial charge in [-0.15, -0.1) is 0 Å². The average Bonchev–Trinajstić information content (AvgIpc) is 2.30. The Morgan fingerprint density at radius 2 is 2.12 bits per heavy atom. The van der Waals surface area contributed by atoms with E-state index in [4.69, 9.17) is 4.74 Å². The Labute approximate surface area is 101 Å². The molecule has 0 spiro atoms. The fourth-order valence-electron chi connectivity index (χ4n) is 2.55. The number of fused-ring (bicyclic) bond motifs is 1. The van der Waals surface area contributed by atoms with Crippen LogP contribution in [0.25, 0.3) is 0 Å². The summed E-state index contributed by atoms with van der Waals surface area (Å²) in [4.78, 5) is 0. The number of hydrogen-bond acceptors (Lipinski definition) is 2. The third kappa shape index (κ3) is 2.44. The molecular weight excluding hydrogens is 219 g/mol. The van der Waals surface area contributed by atoms with Crippen molar-refractivity contribution in [3.05, 3.63) is 29.6 Å². The van der Waals surface area contributed by atoms with Gasteiger partial charge in [0.2, 0.25) is 0 Å². The summed E-state index contributed by atoms with van der Waals surface area (Å²) in [6.07, 6.45) is 2.08. The molecule has 1 aliphatic rings. The van der Waals surface area contributed by atoms with Crippen LogP contribution in [0.5, 0.6) is 5.75 Å². The van der Waals surface area contributed by atoms with Gasteiger partial charge >= 0.3 is 0 Å². The highest BCUT2D eigenvalue weighted by atomic mass is 19.1. The van der Waals surface area contributed by atoms with Crippen molar-refractivity contribution in [1.82, 2.24) is 0 Å². The zero-order valence-corrected chi connectivity index (χ0v) is 10.3. The van der Waals surface area contributed by atoms with Crippen LogP contribution in [-0.2, 0) is 0 Å². The van der Waals surface area contributed by atoms with E-state index < -0.39 is 6.10 Å². The van der Waals surface area contributed by atoms with E-state index in [-0.39, 0.29) is 11.9 Å². The Balaban J connectivity index is 2.25. The Morgan fingerprint density at radius 3 is 2.76 bits per heavy atom. The second-order valence-corrected chi connectivity index (χ2v) is 4.67. The van der Waals surface area contributed by atoms with Gasteiger partial charge in [-0.25, -0.2) is 4.39 Å². The van der Waals surface area contributed by atoms with Crippen LogP contribution < -0.4 is 4.74 Å². The summed E-state index contributed by atoms with van der Waals surface area (Å²) >= 11 is 0. The summed E-state index contributed by atoms with van der Waals surface area (Å²) < 4.78 is 19.0. The molecule has 0 amide bonds. The van der Waals surface area contributed by atoms with Crippen LogP contribution in [0, 0.1) is 11.7 Å². The van der Waals surface area contributed by atoms with Crippen LogP contribution in [0.2, 0.25) is 0 Å². The SMILES string of the molecule is CCC(CC)C1C[C@@H](O)c2ccc(F)cc2O1. The molecule has 2 nitrogen and oxygen atoms in total. The predicted molar refractivity (Wildman–Crippen MR) is 64.5 cm³/mol. The quantitative estimate of drug-likeness (QED) is 0.874. The molecular formula is C14H19FO2. The molecule has 0 saturated heterocycles. The number of ether oxygens (including phenoxy) is 1. The van der Waals surface area contributed by atoms with Gasteiger partial charge in [0.15, 0.2) is 0 Å². The van der Waals surface area contributed by atoms with E-state index >= 15 is 0 Å². The van der Waals surface area contributed by atoms with Gasteiger partial charge in [0, 0.05) is 18.1 Å². The first-order valence-electron chi connectivity index (χ1n) is 6.29. The van der Waals surface area contributed by atoms with E-state index in [0.717, 1.165) is 12.8 Å². The van der Waals surface area contributed by atoms with E-state index in [1.807, 2.05) is 0 Å². The van der Waals surface area contributed by atoms with Crippen LogP contribution in [0.1, 0.15) is 44.8 Å². The molecule has 0 saturated carbocycles. The highest BCUT2D eigenvalue weighted by Gasteiger charge is 2.31. The normalized spacial score (nSPS) is 23.4. The summed E-state index contributed by atoms with van der Waals surface area (Å²) in [6.45, 7) is 4.23. The van der Waals surface area contributed by atoms with E-state index in [1.165, 1.54) is 12.1 Å². The number of aliphatic hydroxyl groups excluding tert-OH is 1. The molecule has 94 valence electrons. The number of aliphatic hydroxyl groups is 1. The highest BCUT2D eigenvalue weighted by molar-refractivity contribution is 5.37. The minimum absolute atomic E-state index is 0.00528. The standard InChI is InChI=1S/C14H19FO2/c1-3-9(4-2)13-8-12(16)11-6-5-10(15)7-14(11)17-13/h5-7,9,12-13,16H,3-4,8H2,1-2H3/t12-,13?/m1/s1. The van der Waals surface area contributed by atoms with Crippen molar-refractivity contribution in [2.24, 2.45) is 5.92 Å². The molecule has 2 atom stereocenters. The first kappa shape index (κ1) is 12.4. The third-order valence-electron chi connectivity index (χ3n) is 3.64. The van der Waals surface area contributed by atoms with Crippen molar-refractivity contribution >= 4 is 0 Å². The zero-order chi connectivity index (χ0) is 12.4. The van der Waals surface area contributed by atoms with E-state index in [2.05, 4.69) is 13.8 Å². The third-order valence-corrected chi connectivity index (χ3v) is 3.64. The molecule has 1 aromatic rings. The van der Waals surface area contributed by atoms with Crippen molar-refractivity contribution in [3.63, 3.8) is 0 Å². The molecule has 1 aliphatic heterocycles. The van der Waals surface area contributed by atoms with Crippen molar-refractivity contribution in [2.75, 3.05) is 0 Å². The lowest BCUT2D eigenvalue weighted by Gasteiger charge is -2.34. The zero-order valence-electron chi connectivity index (χ0n) is 10.3. The summed E-state index contributed by atoms with van der Waals surface area (Å²) in [5.74, 6) is 0.600. The molecule has 0 fully saturated rings. The first-order chi connectivity index (χ1) is 8.15. The molecule has 17 heavy (non-hydrogen) atoms. The maximum atomic E-state index is 13.2. The van der Waals surface area contributed by atoms with E-state index in [0.29, 0.717) is 23.7 Å². The van der Waals surface area contributed by atoms with Crippen molar-refractivity contribution in [1.29, 1.82) is 0 Å². The summed E-state index contributed by atoms with van der Waals surface area (Å²) in [7, 11) is 0. The minimum Gasteiger partial charge on any atom is -0.490 e. The molecule has 1 heterocycles. The molecule has 1 N–H and O–H groups in total. The first-order valence-corrected chi connectivity index (χ1v) is 6.29. The number of rotatable bonds is 3. The molecule has 0 radical (unpaired) electrons. The molecule has 0 aromatic heterocycles. The van der Waals surface area contributed by atoms with Crippen molar-refractivity contribution < 1.29 is 14.2 Å². The maximum Gasteiger partial charge on any atom is 0.128 e. The van der Waals surface area contributed by atoms with Gasteiger partial charge < -0.3 is 9.84 Å². The second kappa shape index (κ2) is 5.05. The van der Waals surface area contributed by atoms with E-state index in [1.54, 1.807) is 6.07 Å². The molecule has 0 aliphatic carbocycles. The Hall–Kier alpha value is -1.09. The minimum atomic E-state index is -0.537. The Bertz CT molecular complexity index is 388. The molecule has 2 rings (SSSR count). The van der Waals surface area contributed by atoms with Crippen LogP contribution in [-0.4, -0.2) is 11.2 Å². The number of hydrogen-bond donors (Lipinski definition) is 1. The summed E-state index contributed by atoms with van der Waals surface area (Å²) in [6, 6.07) is 4.34. The van der Waals surface area contributed by atoms with Crippen LogP contribution >= 0.6 is 0 Å². The summed E-state index contributed by atoms with van der Waals surface area (Å²) in [5.41, 5.74) is 0.702.